The zero-order valence-electron chi connectivity index (χ0n) is 21.1. The molecule has 3 atom stereocenters. The van der Waals surface area contributed by atoms with Crippen molar-refractivity contribution in [3.05, 3.63) is 71.7 Å². The van der Waals surface area contributed by atoms with E-state index in [1.807, 2.05) is 0 Å². The largest absolute Gasteiger partial charge is 0.451 e. The third-order valence-corrected chi connectivity index (χ3v) is 8.95. The minimum Gasteiger partial charge on any atom is -0.351 e. The third kappa shape index (κ3) is 5.68. The minimum absolute atomic E-state index is 0.0676. The van der Waals surface area contributed by atoms with E-state index in [1.165, 1.54) is 6.92 Å². The molecule has 2 aromatic heterocycles. The van der Waals surface area contributed by atoms with E-state index in [4.69, 9.17) is 0 Å². The van der Waals surface area contributed by atoms with Gasteiger partial charge in [0, 0.05) is 42.5 Å². The maximum Gasteiger partial charge on any atom is 0.451 e. The molecule has 1 saturated heterocycles. The molecule has 3 aromatic rings. The number of benzene rings is 1. The average molecular weight is 582 g/mol. The fourth-order valence-corrected chi connectivity index (χ4v) is 6.47. The molecule has 1 aliphatic carbocycles. The maximum atomic E-state index is 14.7. The molecule has 0 spiro atoms. The van der Waals surface area contributed by atoms with Crippen LogP contribution >= 0.6 is 0 Å². The van der Waals surface area contributed by atoms with Crippen LogP contribution in [0.3, 0.4) is 0 Å². The Balaban J connectivity index is 1.37. The zero-order chi connectivity index (χ0) is 28.8. The van der Waals surface area contributed by atoms with Crippen molar-refractivity contribution in [2.75, 3.05) is 0 Å². The van der Waals surface area contributed by atoms with Gasteiger partial charge in [-0.2, -0.15) is 17.5 Å². The first-order chi connectivity index (χ1) is 18.8. The second-order valence-corrected chi connectivity index (χ2v) is 11.7. The van der Waals surface area contributed by atoms with Crippen LogP contribution < -0.4 is 5.32 Å². The van der Waals surface area contributed by atoms with Crippen molar-refractivity contribution in [3.8, 4) is 11.3 Å². The highest BCUT2D eigenvalue weighted by Crippen LogP contribution is 2.40. The Bertz CT molecular complexity index is 1510. The number of carbonyl (C=O) groups is 1. The summed E-state index contributed by atoms with van der Waals surface area (Å²) < 4.78 is 94.0. The Kier molecular flexibility index (Phi) is 7.33. The predicted molar refractivity (Wildman–Crippen MR) is 132 cm³/mol. The van der Waals surface area contributed by atoms with Gasteiger partial charge in [0.1, 0.15) is 18.0 Å². The summed E-state index contributed by atoms with van der Waals surface area (Å²) in [6.45, 7) is 1.30. The molecular weight excluding hydrogens is 557 g/mol. The van der Waals surface area contributed by atoms with Gasteiger partial charge in [0.25, 0.3) is 0 Å². The second kappa shape index (κ2) is 10.5. The quantitative estimate of drug-likeness (QED) is 0.416. The van der Waals surface area contributed by atoms with Crippen LogP contribution in [0.1, 0.15) is 49.2 Å². The van der Waals surface area contributed by atoms with Crippen molar-refractivity contribution >= 4 is 15.9 Å². The number of pyridine rings is 1. The monoisotopic (exact) mass is 581 g/mol. The van der Waals surface area contributed by atoms with E-state index in [9.17, 15) is 35.2 Å². The first kappa shape index (κ1) is 28.0. The summed E-state index contributed by atoms with van der Waals surface area (Å²) in [6, 6.07) is 4.91. The standard InChI is InChI=1S/C26H24F5N5O3S/c1-14-20(28)10-23(36(14)40(38,39)19-6-4-18(27)5-7-19)24(37)32-11-15-8-21(16-2-3-16)35-22(9-15)17-12-33-25(34-13-17)26(29,30)31/h4-9,12-14,16,20,23H,2-3,10-11H2,1H3,(H,32,37)/t14-,20+,23-/m0/s1. The van der Waals surface area contributed by atoms with Crippen LogP contribution in [0.4, 0.5) is 22.0 Å². The number of hydrogen-bond donors (Lipinski definition) is 1. The molecule has 1 aliphatic heterocycles. The molecule has 1 aromatic carbocycles. The van der Waals surface area contributed by atoms with E-state index in [2.05, 4.69) is 20.3 Å². The third-order valence-electron chi connectivity index (χ3n) is 6.94. The normalized spacial score (nSPS) is 21.9. The number of hydrogen-bond acceptors (Lipinski definition) is 6. The average Bonchev–Trinajstić information content (AvgIpc) is 3.72. The fraction of sp³-hybridized carbons (Fsp3) is 0.385. The minimum atomic E-state index is -4.69. The van der Waals surface area contributed by atoms with Gasteiger partial charge >= 0.3 is 6.18 Å². The molecule has 0 unspecified atom stereocenters. The van der Waals surface area contributed by atoms with Gasteiger partial charge in [-0.25, -0.2) is 27.2 Å². The lowest BCUT2D eigenvalue weighted by Gasteiger charge is -2.27. The van der Waals surface area contributed by atoms with Gasteiger partial charge in [0.2, 0.25) is 21.8 Å². The van der Waals surface area contributed by atoms with E-state index in [-0.39, 0.29) is 29.3 Å². The number of amides is 1. The van der Waals surface area contributed by atoms with Gasteiger partial charge in [-0.15, -0.1) is 0 Å². The Morgan fingerprint density at radius 1 is 1.10 bits per heavy atom. The highest BCUT2D eigenvalue weighted by atomic mass is 32.2. The molecule has 212 valence electrons. The Labute approximate surface area is 226 Å². The topological polar surface area (TPSA) is 105 Å². The molecule has 2 fully saturated rings. The summed E-state index contributed by atoms with van der Waals surface area (Å²) in [5, 5.41) is 2.66. The van der Waals surface area contributed by atoms with Crippen LogP contribution in [0.25, 0.3) is 11.3 Å². The summed E-state index contributed by atoms with van der Waals surface area (Å²) in [5.74, 6) is -2.47. The smallest absolute Gasteiger partial charge is 0.351 e. The van der Waals surface area contributed by atoms with Crippen LogP contribution in [0.15, 0.2) is 53.7 Å². The Morgan fingerprint density at radius 3 is 2.35 bits per heavy atom. The summed E-state index contributed by atoms with van der Waals surface area (Å²) in [7, 11) is -4.32. The Morgan fingerprint density at radius 2 is 1.75 bits per heavy atom. The highest BCUT2D eigenvalue weighted by Gasteiger charge is 2.49. The molecule has 14 heteroatoms. The van der Waals surface area contributed by atoms with Crippen molar-refractivity contribution in [3.63, 3.8) is 0 Å². The first-order valence-electron chi connectivity index (χ1n) is 12.5. The SMILES string of the molecule is C[C@H]1[C@H](F)C[C@@H](C(=O)NCc2cc(-c3cnc(C(F)(F)F)nc3)nc(C3CC3)c2)N1S(=O)(=O)c1ccc(F)cc1. The molecule has 0 radical (unpaired) electrons. The molecular formula is C26H24F5N5O3S. The van der Waals surface area contributed by atoms with Gasteiger partial charge in [0.05, 0.1) is 16.6 Å². The summed E-state index contributed by atoms with van der Waals surface area (Å²) in [5.41, 5.74) is 1.84. The van der Waals surface area contributed by atoms with Gasteiger partial charge in [-0.1, -0.05) is 0 Å². The number of alkyl halides is 4. The van der Waals surface area contributed by atoms with Gasteiger partial charge < -0.3 is 5.32 Å². The fourth-order valence-electron chi connectivity index (χ4n) is 4.66. The summed E-state index contributed by atoms with van der Waals surface area (Å²) in [6.07, 6.45) is -2.82. The first-order valence-corrected chi connectivity index (χ1v) is 13.9. The van der Waals surface area contributed by atoms with E-state index in [0.29, 0.717) is 17.0 Å². The van der Waals surface area contributed by atoms with Crippen LogP contribution in [0, 0.1) is 5.82 Å². The van der Waals surface area contributed by atoms with Crippen LogP contribution in [-0.2, 0) is 27.5 Å². The molecule has 40 heavy (non-hydrogen) atoms. The van der Waals surface area contributed by atoms with Gasteiger partial charge in [-0.05, 0) is 61.7 Å². The van der Waals surface area contributed by atoms with Crippen LogP contribution in [0.5, 0.6) is 0 Å². The molecule has 3 heterocycles. The van der Waals surface area contributed by atoms with Crippen molar-refractivity contribution in [1.29, 1.82) is 0 Å². The van der Waals surface area contributed by atoms with E-state index in [1.54, 1.807) is 12.1 Å². The number of carbonyl (C=O) groups excluding carboxylic acids is 1. The van der Waals surface area contributed by atoms with Crippen molar-refractivity contribution in [1.82, 2.24) is 24.6 Å². The van der Waals surface area contributed by atoms with Crippen LogP contribution in [0.2, 0.25) is 0 Å². The van der Waals surface area contributed by atoms with E-state index < -0.39 is 52.0 Å². The lowest BCUT2D eigenvalue weighted by molar-refractivity contribution is -0.145. The van der Waals surface area contributed by atoms with E-state index >= 15 is 0 Å². The molecule has 5 rings (SSSR count). The number of aromatic nitrogens is 3. The predicted octanol–water partition coefficient (Wildman–Crippen LogP) is 4.38. The number of nitrogens with zero attached hydrogens (tertiary/aromatic N) is 4. The number of rotatable bonds is 7. The van der Waals surface area contributed by atoms with Crippen molar-refractivity contribution in [2.45, 2.75) is 68.0 Å². The second-order valence-electron chi connectivity index (χ2n) is 9.87. The van der Waals surface area contributed by atoms with Crippen molar-refractivity contribution in [2.24, 2.45) is 0 Å². The zero-order valence-corrected chi connectivity index (χ0v) is 21.9. The molecule has 1 N–H and O–H groups in total. The molecule has 8 nitrogen and oxygen atoms in total. The van der Waals surface area contributed by atoms with Gasteiger partial charge in [0.15, 0.2) is 0 Å². The lowest BCUT2D eigenvalue weighted by atomic mass is 10.1. The highest BCUT2D eigenvalue weighted by molar-refractivity contribution is 7.89. The van der Waals surface area contributed by atoms with Gasteiger partial charge in [-0.3, -0.25) is 9.78 Å². The number of nitrogens with one attached hydrogen (secondary N) is 1. The molecule has 0 bridgehead atoms. The molecule has 2 aliphatic rings. The van der Waals surface area contributed by atoms with Crippen molar-refractivity contribution < 1.29 is 35.2 Å². The number of sulfonamides is 1. The van der Waals surface area contributed by atoms with E-state index in [0.717, 1.165) is 53.8 Å². The summed E-state index contributed by atoms with van der Waals surface area (Å²) >= 11 is 0. The molecule has 1 saturated carbocycles. The summed E-state index contributed by atoms with van der Waals surface area (Å²) in [4.78, 5) is 24.2. The maximum absolute atomic E-state index is 14.7. The lowest BCUT2D eigenvalue weighted by Crippen LogP contribution is -2.48. The number of halogens is 5. The molecule has 1 amide bonds. The van der Waals surface area contributed by atoms with Crippen LogP contribution in [-0.4, -0.2) is 51.8 Å². The Hall–Kier alpha value is -3.52.